The quantitative estimate of drug-likeness (QED) is 0.480. The van der Waals surface area contributed by atoms with Gasteiger partial charge in [0, 0.05) is 30.6 Å². The van der Waals surface area contributed by atoms with E-state index in [1.165, 1.54) is 16.0 Å². The van der Waals surface area contributed by atoms with Gasteiger partial charge in [0.05, 0.1) is 11.6 Å². The zero-order valence-corrected chi connectivity index (χ0v) is 16.7. The number of aromatic nitrogens is 1. The van der Waals surface area contributed by atoms with Crippen molar-refractivity contribution >= 4 is 17.3 Å². The summed E-state index contributed by atoms with van der Waals surface area (Å²) in [5.74, 6) is 1.19. The zero-order valence-electron chi connectivity index (χ0n) is 15.9. The Bertz CT molecular complexity index is 843. The topological polar surface area (TPSA) is 49.3 Å². The third kappa shape index (κ3) is 5.93. The highest BCUT2D eigenvalue weighted by atomic mass is 32.1. The smallest absolute Gasteiger partial charge is 0.191 e. The van der Waals surface area contributed by atoms with Gasteiger partial charge in [0.2, 0.25) is 0 Å². The van der Waals surface area contributed by atoms with Gasteiger partial charge >= 0.3 is 0 Å². The first kappa shape index (κ1) is 19.1. The first-order valence-electron chi connectivity index (χ1n) is 9.19. The lowest BCUT2D eigenvalue weighted by Gasteiger charge is -2.20. The Hall–Kier alpha value is -2.66. The van der Waals surface area contributed by atoms with Gasteiger partial charge < -0.3 is 10.6 Å². The lowest BCUT2D eigenvalue weighted by atomic mass is 9.92. The number of benzene rings is 2. The van der Waals surface area contributed by atoms with Crippen LogP contribution in [0.3, 0.4) is 0 Å². The molecule has 0 bridgehead atoms. The average Bonchev–Trinajstić information content (AvgIpc) is 3.13. The van der Waals surface area contributed by atoms with Crippen LogP contribution in [0.5, 0.6) is 0 Å². The molecule has 27 heavy (non-hydrogen) atoms. The van der Waals surface area contributed by atoms with Gasteiger partial charge in [0.1, 0.15) is 0 Å². The highest BCUT2D eigenvalue weighted by Gasteiger charge is 2.13. The van der Waals surface area contributed by atoms with Crippen LogP contribution in [0.25, 0.3) is 0 Å². The van der Waals surface area contributed by atoms with Crippen LogP contribution < -0.4 is 10.6 Å². The van der Waals surface area contributed by atoms with Crippen molar-refractivity contribution < 1.29 is 0 Å². The molecule has 0 saturated carbocycles. The summed E-state index contributed by atoms with van der Waals surface area (Å²) in [6, 6.07) is 21.3. The number of nitrogens with one attached hydrogen (secondary N) is 2. The zero-order chi connectivity index (χ0) is 18.9. The van der Waals surface area contributed by atoms with Crippen molar-refractivity contribution in [2.45, 2.75) is 25.8 Å². The van der Waals surface area contributed by atoms with Crippen LogP contribution in [0.15, 0.2) is 71.9 Å². The maximum Gasteiger partial charge on any atom is 0.191 e. The molecule has 1 heterocycles. The Balaban J connectivity index is 1.62. The summed E-state index contributed by atoms with van der Waals surface area (Å²) in [7, 11) is 1.81. The van der Waals surface area contributed by atoms with E-state index >= 15 is 0 Å². The lowest BCUT2D eigenvalue weighted by molar-refractivity contribution is 0.645. The van der Waals surface area contributed by atoms with E-state index in [1.54, 1.807) is 11.3 Å². The predicted molar refractivity (Wildman–Crippen MR) is 114 cm³/mol. The molecule has 4 nitrogen and oxygen atoms in total. The third-order valence-electron chi connectivity index (χ3n) is 4.43. The second-order valence-corrected chi connectivity index (χ2v) is 7.77. The number of guanidine groups is 1. The van der Waals surface area contributed by atoms with Crippen molar-refractivity contribution in [2.24, 2.45) is 4.99 Å². The third-order valence-corrected chi connectivity index (χ3v) is 5.35. The summed E-state index contributed by atoms with van der Waals surface area (Å²) in [5, 5.41) is 7.95. The van der Waals surface area contributed by atoms with Crippen LogP contribution >= 0.6 is 11.3 Å². The molecule has 1 atom stereocenters. The van der Waals surface area contributed by atoms with Gasteiger partial charge in [-0.3, -0.25) is 4.99 Å². The highest BCUT2D eigenvalue weighted by Crippen LogP contribution is 2.20. The second-order valence-electron chi connectivity index (χ2n) is 6.45. The molecule has 3 rings (SSSR count). The van der Waals surface area contributed by atoms with Crippen LogP contribution in [0, 0.1) is 6.92 Å². The molecule has 3 aromatic rings. The summed E-state index contributed by atoms with van der Waals surface area (Å²) < 4.78 is 0. The molecule has 0 spiro atoms. The maximum absolute atomic E-state index is 4.36. The van der Waals surface area contributed by atoms with Crippen LogP contribution in [0.1, 0.15) is 26.9 Å². The van der Waals surface area contributed by atoms with E-state index in [9.17, 15) is 0 Å². The Labute approximate surface area is 165 Å². The van der Waals surface area contributed by atoms with Gasteiger partial charge in [-0.2, -0.15) is 0 Å². The SMILES string of the molecule is CN=C(NCc1cnc(C)s1)NCC(Cc1ccccc1)c1ccccc1. The van der Waals surface area contributed by atoms with Gasteiger partial charge in [0.25, 0.3) is 0 Å². The number of aliphatic imine (C=N–C) groups is 1. The monoisotopic (exact) mass is 378 g/mol. The molecule has 1 unspecified atom stereocenters. The summed E-state index contributed by atoms with van der Waals surface area (Å²) >= 11 is 1.71. The minimum absolute atomic E-state index is 0.373. The number of nitrogens with zero attached hydrogens (tertiary/aromatic N) is 2. The Morgan fingerprint density at radius 1 is 1.04 bits per heavy atom. The van der Waals surface area contributed by atoms with Gasteiger partial charge in [-0.1, -0.05) is 60.7 Å². The molecule has 140 valence electrons. The number of aryl methyl sites for hydroxylation is 1. The molecule has 0 aliphatic carbocycles. The van der Waals surface area contributed by atoms with Crippen molar-refractivity contribution in [3.05, 3.63) is 87.9 Å². The minimum atomic E-state index is 0.373. The minimum Gasteiger partial charge on any atom is -0.356 e. The van der Waals surface area contributed by atoms with Crippen LogP contribution in [-0.2, 0) is 13.0 Å². The lowest BCUT2D eigenvalue weighted by Crippen LogP contribution is -2.39. The number of thiazole rings is 1. The normalized spacial score (nSPS) is 12.6. The molecule has 1 aromatic heterocycles. The summed E-state index contributed by atoms with van der Waals surface area (Å²) in [5.41, 5.74) is 2.68. The standard InChI is InChI=1S/C22H26N4S/c1-17-24-15-21(27-17)16-26-22(23-2)25-14-20(19-11-7-4-8-12-19)13-18-9-5-3-6-10-18/h3-12,15,20H,13-14,16H2,1-2H3,(H2,23,25,26). The fourth-order valence-corrected chi connectivity index (χ4v) is 3.76. The molecule has 0 saturated heterocycles. The van der Waals surface area contributed by atoms with Gasteiger partial charge in [-0.25, -0.2) is 4.98 Å². The Morgan fingerprint density at radius 2 is 1.74 bits per heavy atom. The highest BCUT2D eigenvalue weighted by molar-refractivity contribution is 7.11. The van der Waals surface area contributed by atoms with Crippen molar-refractivity contribution in [2.75, 3.05) is 13.6 Å². The first-order valence-corrected chi connectivity index (χ1v) is 10.0. The average molecular weight is 379 g/mol. The van der Waals surface area contributed by atoms with E-state index in [4.69, 9.17) is 0 Å². The van der Waals surface area contributed by atoms with Crippen LogP contribution in [0.2, 0.25) is 0 Å². The van der Waals surface area contributed by atoms with E-state index in [-0.39, 0.29) is 0 Å². The molecular formula is C22H26N4S. The Morgan fingerprint density at radius 3 is 2.37 bits per heavy atom. The number of hydrogen-bond acceptors (Lipinski definition) is 3. The molecule has 5 heteroatoms. The van der Waals surface area contributed by atoms with Crippen LogP contribution in [-0.4, -0.2) is 24.5 Å². The largest absolute Gasteiger partial charge is 0.356 e. The molecule has 2 aromatic carbocycles. The Kier molecular flexibility index (Phi) is 6.99. The van der Waals surface area contributed by atoms with E-state index in [2.05, 4.69) is 81.3 Å². The molecule has 0 aliphatic rings. The number of hydrogen-bond donors (Lipinski definition) is 2. The molecule has 2 N–H and O–H groups in total. The maximum atomic E-state index is 4.36. The van der Waals surface area contributed by atoms with Crippen LogP contribution in [0.4, 0.5) is 0 Å². The van der Waals surface area contributed by atoms with E-state index in [0.29, 0.717) is 5.92 Å². The van der Waals surface area contributed by atoms with Crippen molar-refractivity contribution in [1.29, 1.82) is 0 Å². The van der Waals surface area contributed by atoms with Crippen molar-refractivity contribution in [1.82, 2.24) is 15.6 Å². The van der Waals surface area contributed by atoms with E-state index in [1.807, 2.05) is 20.2 Å². The summed E-state index contributed by atoms with van der Waals surface area (Å²) in [6.45, 7) is 3.58. The predicted octanol–water partition coefficient (Wildman–Crippen LogP) is 4.14. The number of rotatable bonds is 7. The first-order chi connectivity index (χ1) is 13.2. The summed E-state index contributed by atoms with van der Waals surface area (Å²) in [6.07, 6.45) is 2.91. The van der Waals surface area contributed by atoms with Gasteiger partial charge in [-0.05, 0) is 24.5 Å². The summed E-state index contributed by atoms with van der Waals surface area (Å²) in [4.78, 5) is 9.87. The van der Waals surface area contributed by atoms with E-state index in [0.717, 1.165) is 30.5 Å². The molecular weight excluding hydrogens is 352 g/mol. The second kappa shape index (κ2) is 9.88. The van der Waals surface area contributed by atoms with Gasteiger partial charge in [-0.15, -0.1) is 11.3 Å². The molecule has 0 amide bonds. The molecule has 0 aliphatic heterocycles. The van der Waals surface area contributed by atoms with Crippen molar-refractivity contribution in [3.8, 4) is 0 Å². The fourth-order valence-electron chi connectivity index (χ4n) is 3.03. The van der Waals surface area contributed by atoms with Gasteiger partial charge in [0.15, 0.2) is 5.96 Å². The van der Waals surface area contributed by atoms with Crippen molar-refractivity contribution in [3.63, 3.8) is 0 Å². The molecule has 0 fully saturated rings. The molecule has 0 radical (unpaired) electrons. The fraction of sp³-hybridized carbons (Fsp3) is 0.273. The van der Waals surface area contributed by atoms with E-state index < -0.39 is 0 Å².